The SMILES string of the molecule is Cc1nn(-c2ccccc2)c(Cl)c1C=NN1C(=O)c2ccccc2C1=O. The maximum absolute atomic E-state index is 12.4. The molecule has 0 atom stereocenters. The molecule has 1 aliphatic rings. The Morgan fingerprint density at radius 1 is 0.962 bits per heavy atom. The Morgan fingerprint density at radius 3 is 2.15 bits per heavy atom. The Kier molecular flexibility index (Phi) is 3.89. The molecule has 128 valence electrons. The van der Waals surface area contributed by atoms with Gasteiger partial charge in [-0.2, -0.15) is 15.2 Å². The summed E-state index contributed by atoms with van der Waals surface area (Å²) in [6.07, 6.45) is 1.39. The first kappa shape index (κ1) is 16.2. The Labute approximate surface area is 154 Å². The molecular formula is C19H13ClN4O2. The fourth-order valence-corrected chi connectivity index (χ4v) is 3.12. The van der Waals surface area contributed by atoms with Crippen LogP contribution in [0.5, 0.6) is 0 Å². The number of fused-ring (bicyclic) bond motifs is 1. The van der Waals surface area contributed by atoms with E-state index in [0.29, 0.717) is 27.5 Å². The molecule has 2 aromatic carbocycles. The Morgan fingerprint density at radius 2 is 1.54 bits per heavy atom. The van der Waals surface area contributed by atoms with Crippen LogP contribution in [-0.4, -0.2) is 32.8 Å². The van der Waals surface area contributed by atoms with Crippen LogP contribution < -0.4 is 0 Å². The van der Waals surface area contributed by atoms with Gasteiger partial charge >= 0.3 is 0 Å². The molecule has 0 aliphatic carbocycles. The lowest BCUT2D eigenvalue weighted by Gasteiger charge is -2.05. The second-order valence-corrected chi connectivity index (χ2v) is 6.11. The standard InChI is InChI=1S/C19H13ClN4O2/c1-12-16(17(20)23(22-12)13-7-3-2-4-8-13)11-21-24-18(25)14-9-5-6-10-15(14)19(24)26/h2-11H,1H3. The summed E-state index contributed by atoms with van der Waals surface area (Å²) in [6, 6.07) is 16.1. The van der Waals surface area contributed by atoms with E-state index >= 15 is 0 Å². The van der Waals surface area contributed by atoms with Crippen LogP contribution in [0.15, 0.2) is 59.7 Å². The molecule has 7 heteroatoms. The number of rotatable bonds is 3. The summed E-state index contributed by atoms with van der Waals surface area (Å²) in [6.45, 7) is 1.79. The molecule has 1 aliphatic heterocycles. The van der Waals surface area contributed by atoms with E-state index in [1.165, 1.54) is 6.21 Å². The van der Waals surface area contributed by atoms with Crippen molar-refractivity contribution in [3.63, 3.8) is 0 Å². The van der Waals surface area contributed by atoms with Gasteiger partial charge in [0, 0.05) is 0 Å². The number of halogens is 1. The summed E-state index contributed by atoms with van der Waals surface area (Å²) in [5.74, 6) is -0.905. The molecule has 0 bridgehead atoms. The molecule has 0 saturated carbocycles. The highest BCUT2D eigenvalue weighted by Gasteiger charge is 2.35. The van der Waals surface area contributed by atoms with Crippen molar-refractivity contribution in [1.29, 1.82) is 0 Å². The Balaban J connectivity index is 1.68. The zero-order chi connectivity index (χ0) is 18.3. The van der Waals surface area contributed by atoms with Crippen LogP contribution in [-0.2, 0) is 0 Å². The summed E-state index contributed by atoms with van der Waals surface area (Å²) in [5, 5.41) is 9.68. The van der Waals surface area contributed by atoms with Crippen LogP contribution >= 0.6 is 11.6 Å². The molecule has 1 aromatic heterocycles. The number of para-hydroxylation sites is 1. The van der Waals surface area contributed by atoms with Crippen molar-refractivity contribution in [1.82, 2.24) is 14.8 Å². The lowest BCUT2D eigenvalue weighted by molar-refractivity contribution is 0.0660. The van der Waals surface area contributed by atoms with Gasteiger partial charge in [-0.15, -0.1) is 0 Å². The molecule has 0 fully saturated rings. The minimum Gasteiger partial charge on any atom is -0.267 e. The van der Waals surface area contributed by atoms with Crippen LogP contribution in [0.4, 0.5) is 0 Å². The summed E-state index contributed by atoms with van der Waals surface area (Å²) >= 11 is 6.43. The summed E-state index contributed by atoms with van der Waals surface area (Å²) in [7, 11) is 0. The van der Waals surface area contributed by atoms with E-state index in [-0.39, 0.29) is 0 Å². The van der Waals surface area contributed by atoms with Gasteiger partial charge in [0.2, 0.25) is 0 Å². The summed E-state index contributed by atoms with van der Waals surface area (Å²) < 4.78 is 1.58. The molecule has 2 amide bonds. The number of aryl methyl sites for hydroxylation is 1. The van der Waals surface area contributed by atoms with Gasteiger partial charge < -0.3 is 0 Å². The minimum atomic E-state index is -0.453. The lowest BCUT2D eigenvalue weighted by atomic mass is 10.1. The number of hydrogen-bond donors (Lipinski definition) is 0. The Bertz CT molecular complexity index is 1020. The third kappa shape index (κ3) is 2.51. The van der Waals surface area contributed by atoms with Gasteiger partial charge in [-0.25, -0.2) is 4.68 Å². The molecular weight excluding hydrogens is 352 g/mol. The van der Waals surface area contributed by atoms with Crippen molar-refractivity contribution in [3.05, 3.63) is 82.1 Å². The number of carbonyl (C=O) groups is 2. The first-order chi connectivity index (χ1) is 12.6. The van der Waals surface area contributed by atoms with Gasteiger partial charge in [0.25, 0.3) is 11.8 Å². The van der Waals surface area contributed by atoms with E-state index < -0.39 is 11.8 Å². The number of carbonyl (C=O) groups excluding carboxylic acids is 2. The number of imide groups is 1. The number of hydrazone groups is 1. The fraction of sp³-hybridized carbons (Fsp3) is 0.0526. The van der Waals surface area contributed by atoms with Gasteiger partial charge in [-0.3, -0.25) is 9.59 Å². The molecule has 2 heterocycles. The first-order valence-corrected chi connectivity index (χ1v) is 8.28. The second-order valence-electron chi connectivity index (χ2n) is 5.75. The summed E-state index contributed by atoms with van der Waals surface area (Å²) in [4.78, 5) is 24.7. The van der Waals surface area contributed by atoms with Crippen molar-refractivity contribution in [2.24, 2.45) is 5.10 Å². The highest BCUT2D eigenvalue weighted by Crippen LogP contribution is 2.25. The number of nitrogens with zero attached hydrogens (tertiary/aromatic N) is 4. The van der Waals surface area contributed by atoms with Crippen molar-refractivity contribution in [2.45, 2.75) is 6.92 Å². The van der Waals surface area contributed by atoms with E-state index in [4.69, 9.17) is 11.6 Å². The smallest absolute Gasteiger partial charge is 0.267 e. The second kappa shape index (κ2) is 6.24. The third-order valence-corrected chi connectivity index (χ3v) is 4.49. The quantitative estimate of drug-likeness (QED) is 0.528. The highest BCUT2D eigenvalue weighted by atomic mass is 35.5. The zero-order valence-corrected chi connectivity index (χ0v) is 14.5. The normalized spacial score (nSPS) is 13.7. The number of benzene rings is 2. The molecule has 26 heavy (non-hydrogen) atoms. The molecule has 0 unspecified atom stereocenters. The Hall–Kier alpha value is -3.25. The van der Waals surface area contributed by atoms with Crippen molar-refractivity contribution in [2.75, 3.05) is 0 Å². The first-order valence-electron chi connectivity index (χ1n) is 7.90. The molecule has 0 radical (unpaired) electrons. The van der Waals surface area contributed by atoms with Gasteiger partial charge in [0.1, 0.15) is 5.15 Å². The summed E-state index contributed by atoms with van der Waals surface area (Å²) in [5.41, 5.74) is 2.68. The van der Waals surface area contributed by atoms with E-state index in [2.05, 4.69) is 10.2 Å². The van der Waals surface area contributed by atoms with Gasteiger partial charge in [-0.05, 0) is 31.2 Å². The van der Waals surface area contributed by atoms with Crippen LogP contribution in [0.2, 0.25) is 5.15 Å². The van der Waals surface area contributed by atoms with Crippen molar-refractivity contribution < 1.29 is 9.59 Å². The maximum atomic E-state index is 12.4. The molecule has 6 nitrogen and oxygen atoms in total. The van der Waals surface area contributed by atoms with Crippen molar-refractivity contribution in [3.8, 4) is 5.69 Å². The van der Waals surface area contributed by atoms with E-state index in [0.717, 1.165) is 10.7 Å². The molecule has 3 aromatic rings. The monoisotopic (exact) mass is 364 g/mol. The topological polar surface area (TPSA) is 67.6 Å². The maximum Gasteiger partial charge on any atom is 0.282 e. The average molecular weight is 365 g/mol. The van der Waals surface area contributed by atoms with Crippen LogP contribution in [0, 0.1) is 6.92 Å². The third-order valence-electron chi connectivity index (χ3n) is 4.12. The fourth-order valence-electron chi connectivity index (χ4n) is 2.79. The molecule has 0 spiro atoms. The lowest BCUT2D eigenvalue weighted by Crippen LogP contribution is -2.24. The van der Waals surface area contributed by atoms with E-state index in [1.807, 2.05) is 30.3 Å². The zero-order valence-electron chi connectivity index (χ0n) is 13.8. The van der Waals surface area contributed by atoms with Gasteiger partial charge in [0.15, 0.2) is 0 Å². The number of aromatic nitrogens is 2. The van der Waals surface area contributed by atoms with E-state index in [9.17, 15) is 9.59 Å². The van der Waals surface area contributed by atoms with E-state index in [1.54, 1.807) is 35.9 Å². The van der Waals surface area contributed by atoms with Crippen molar-refractivity contribution >= 4 is 29.6 Å². The van der Waals surface area contributed by atoms with Crippen LogP contribution in [0.1, 0.15) is 32.0 Å². The molecule has 4 rings (SSSR count). The minimum absolute atomic E-state index is 0.345. The largest absolute Gasteiger partial charge is 0.282 e. The number of hydrogen-bond acceptors (Lipinski definition) is 4. The van der Waals surface area contributed by atoms with Crippen LogP contribution in [0.25, 0.3) is 5.69 Å². The average Bonchev–Trinajstić information content (AvgIpc) is 3.09. The van der Waals surface area contributed by atoms with Crippen LogP contribution in [0.3, 0.4) is 0 Å². The van der Waals surface area contributed by atoms with Gasteiger partial charge in [0.05, 0.1) is 34.3 Å². The predicted molar refractivity (Wildman–Crippen MR) is 97.8 cm³/mol. The predicted octanol–water partition coefficient (Wildman–Crippen LogP) is 3.46. The number of amides is 2. The van der Waals surface area contributed by atoms with Gasteiger partial charge in [-0.1, -0.05) is 41.9 Å². The molecule has 0 saturated heterocycles. The molecule has 0 N–H and O–H groups in total. The highest BCUT2D eigenvalue weighted by molar-refractivity contribution is 6.32.